The maximum Gasteiger partial charge on any atom is 0.336 e. The molecule has 7 heteroatoms. The largest absolute Gasteiger partial charge is 0.872 e. The summed E-state index contributed by atoms with van der Waals surface area (Å²) in [6.07, 6.45) is 0. The van der Waals surface area contributed by atoms with Gasteiger partial charge in [-0.1, -0.05) is 48.2 Å². The number of rotatable bonds is 3. The van der Waals surface area contributed by atoms with E-state index in [1.807, 2.05) is 0 Å². The summed E-state index contributed by atoms with van der Waals surface area (Å²) < 4.78 is 0. The Kier molecular flexibility index (Phi) is 4.53. The molecule has 3 N–H and O–H groups in total. The van der Waals surface area contributed by atoms with Gasteiger partial charge in [0, 0.05) is 5.56 Å². The van der Waals surface area contributed by atoms with Crippen LogP contribution in [0.3, 0.4) is 0 Å². The number of aromatic carboxylic acids is 1. The lowest BCUT2D eigenvalue weighted by molar-refractivity contribution is -0.268. The van der Waals surface area contributed by atoms with Crippen molar-refractivity contribution in [2.75, 3.05) is 0 Å². The molecule has 0 spiro atoms. The van der Waals surface area contributed by atoms with Crippen LogP contribution in [0, 0.1) is 0 Å². The van der Waals surface area contributed by atoms with Gasteiger partial charge in [0.25, 0.3) is 11.8 Å². The van der Waals surface area contributed by atoms with Crippen molar-refractivity contribution in [3.63, 3.8) is 0 Å². The van der Waals surface area contributed by atoms with E-state index < -0.39 is 23.5 Å². The molecule has 0 aliphatic heterocycles. The lowest BCUT2D eigenvalue weighted by Gasteiger charge is -2.15. The van der Waals surface area contributed by atoms with Crippen molar-refractivity contribution in [3.8, 4) is 5.75 Å². The number of carbonyl (C=O) groups excluding carboxylic acids is 2. The summed E-state index contributed by atoms with van der Waals surface area (Å²) in [5, 5.41) is 22.6. The van der Waals surface area contributed by atoms with Crippen molar-refractivity contribution in [2.45, 2.75) is 0 Å². The second kappa shape index (κ2) is 6.94. The van der Waals surface area contributed by atoms with Gasteiger partial charge in [-0.2, -0.15) is 0 Å². The van der Waals surface area contributed by atoms with Crippen LogP contribution in [0.5, 0.6) is 5.75 Å². The zero-order valence-electron chi connectivity index (χ0n) is 13.4. The monoisotopic (exact) mass is 349 g/mol. The molecule has 0 radical (unpaired) electrons. The minimum Gasteiger partial charge on any atom is -0.872 e. The van der Waals surface area contributed by atoms with Crippen LogP contribution in [0.2, 0.25) is 0 Å². The van der Waals surface area contributed by atoms with Crippen molar-refractivity contribution >= 4 is 28.6 Å². The SMILES string of the molecule is O=C(NNC(=O)c1ccccc1C(=O)O)c1cc2ccccc2cc1[O-]. The fourth-order valence-corrected chi connectivity index (χ4v) is 2.51. The van der Waals surface area contributed by atoms with Gasteiger partial charge in [-0.25, -0.2) is 4.79 Å². The fourth-order valence-electron chi connectivity index (χ4n) is 2.51. The Morgan fingerprint density at radius 2 is 1.23 bits per heavy atom. The summed E-state index contributed by atoms with van der Waals surface area (Å²) in [5.41, 5.74) is 3.83. The van der Waals surface area contributed by atoms with E-state index in [0.29, 0.717) is 10.8 Å². The third-order valence-electron chi connectivity index (χ3n) is 3.78. The first-order valence-electron chi connectivity index (χ1n) is 7.60. The summed E-state index contributed by atoms with van der Waals surface area (Å²) in [4.78, 5) is 35.5. The van der Waals surface area contributed by atoms with Gasteiger partial charge in [-0.05, 0) is 29.0 Å². The second-order valence-electron chi connectivity index (χ2n) is 5.45. The van der Waals surface area contributed by atoms with Crippen LogP contribution >= 0.6 is 0 Å². The third kappa shape index (κ3) is 3.32. The molecule has 0 aliphatic rings. The zero-order valence-corrected chi connectivity index (χ0v) is 13.4. The quantitative estimate of drug-likeness (QED) is 0.622. The summed E-state index contributed by atoms with van der Waals surface area (Å²) in [7, 11) is 0. The predicted molar refractivity (Wildman–Crippen MR) is 91.7 cm³/mol. The van der Waals surface area contributed by atoms with Crippen LogP contribution in [-0.2, 0) is 0 Å². The average Bonchev–Trinajstić information content (AvgIpc) is 2.65. The number of carboxylic acid groups (broad SMARTS) is 1. The molecule has 0 atom stereocenters. The Hall–Kier alpha value is -3.87. The fraction of sp³-hybridized carbons (Fsp3) is 0. The molecule has 0 heterocycles. The topological polar surface area (TPSA) is 119 Å². The molecule has 3 aromatic carbocycles. The van der Waals surface area contributed by atoms with E-state index in [1.165, 1.54) is 36.4 Å². The molecule has 7 nitrogen and oxygen atoms in total. The minimum absolute atomic E-state index is 0.110. The summed E-state index contributed by atoms with van der Waals surface area (Å²) in [5.74, 6) is -3.34. The molecule has 0 aromatic heterocycles. The minimum atomic E-state index is -1.27. The van der Waals surface area contributed by atoms with Gasteiger partial charge in [0.15, 0.2) is 0 Å². The van der Waals surface area contributed by atoms with E-state index in [-0.39, 0.29) is 16.7 Å². The number of carbonyl (C=O) groups is 3. The number of hydrogen-bond acceptors (Lipinski definition) is 4. The Bertz CT molecular complexity index is 1030. The predicted octanol–water partition coefficient (Wildman–Crippen LogP) is 1.69. The van der Waals surface area contributed by atoms with Crippen LogP contribution in [0.4, 0.5) is 0 Å². The Labute approximate surface area is 147 Å². The second-order valence-corrected chi connectivity index (χ2v) is 5.45. The Morgan fingerprint density at radius 3 is 1.85 bits per heavy atom. The van der Waals surface area contributed by atoms with E-state index in [2.05, 4.69) is 10.9 Å². The van der Waals surface area contributed by atoms with E-state index >= 15 is 0 Å². The number of amides is 2. The molecule has 130 valence electrons. The van der Waals surface area contributed by atoms with E-state index in [9.17, 15) is 19.5 Å². The average molecular weight is 349 g/mol. The normalized spacial score (nSPS) is 10.3. The van der Waals surface area contributed by atoms with Crippen molar-refractivity contribution in [1.82, 2.24) is 10.9 Å². The Morgan fingerprint density at radius 1 is 0.731 bits per heavy atom. The van der Waals surface area contributed by atoms with Crippen LogP contribution in [0.25, 0.3) is 10.8 Å². The van der Waals surface area contributed by atoms with Crippen molar-refractivity contribution in [3.05, 3.63) is 77.4 Å². The molecule has 0 bridgehead atoms. The molecule has 0 unspecified atom stereocenters. The lowest BCUT2D eigenvalue weighted by Crippen LogP contribution is -2.42. The molecule has 2 amide bonds. The lowest BCUT2D eigenvalue weighted by atomic mass is 10.1. The summed E-state index contributed by atoms with van der Waals surface area (Å²) >= 11 is 0. The molecule has 0 fully saturated rings. The number of fused-ring (bicyclic) bond motifs is 1. The highest BCUT2D eigenvalue weighted by molar-refractivity contribution is 6.06. The van der Waals surface area contributed by atoms with Crippen molar-refractivity contribution in [2.24, 2.45) is 0 Å². The van der Waals surface area contributed by atoms with Gasteiger partial charge in [-0.15, -0.1) is 0 Å². The highest BCUT2D eigenvalue weighted by Crippen LogP contribution is 2.22. The highest BCUT2D eigenvalue weighted by Gasteiger charge is 2.16. The molecular formula is C19H13N2O5-. The van der Waals surface area contributed by atoms with Crippen LogP contribution < -0.4 is 16.0 Å². The smallest absolute Gasteiger partial charge is 0.336 e. The van der Waals surface area contributed by atoms with Crippen LogP contribution in [0.1, 0.15) is 31.1 Å². The van der Waals surface area contributed by atoms with Gasteiger partial charge in [0.1, 0.15) is 0 Å². The summed E-state index contributed by atoms with van der Waals surface area (Å²) in [6.45, 7) is 0. The maximum atomic E-state index is 12.2. The van der Waals surface area contributed by atoms with Crippen molar-refractivity contribution in [1.29, 1.82) is 0 Å². The first-order valence-corrected chi connectivity index (χ1v) is 7.60. The number of hydrogen-bond donors (Lipinski definition) is 3. The first kappa shape index (κ1) is 17.0. The van der Waals surface area contributed by atoms with E-state index in [0.717, 1.165) is 0 Å². The van der Waals surface area contributed by atoms with E-state index in [1.54, 1.807) is 24.3 Å². The van der Waals surface area contributed by atoms with Gasteiger partial charge >= 0.3 is 5.97 Å². The number of nitrogens with one attached hydrogen (secondary N) is 2. The maximum absolute atomic E-state index is 12.2. The number of hydrazine groups is 1. The Balaban J connectivity index is 1.78. The molecule has 0 aliphatic carbocycles. The first-order chi connectivity index (χ1) is 12.5. The van der Waals surface area contributed by atoms with Gasteiger partial charge in [0.05, 0.1) is 11.1 Å². The zero-order chi connectivity index (χ0) is 18.7. The number of carboxylic acids is 1. The molecule has 3 aromatic rings. The molecule has 3 rings (SSSR count). The highest BCUT2D eigenvalue weighted by atomic mass is 16.4. The summed E-state index contributed by atoms with van der Waals surface area (Å²) in [6, 6.07) is 15.4. The molecule has 26 heavy (non-hydrogen) atoms. The van der Waals surface area contributed by atoms with Gasteiger partial charge in [0.2, 0.25) is 0 Å². The van der Waals surface area contributed by atoms with Crippen molar-refractivity contribution < 1.29 is 24.6 Å². The molecule has 0 saturated heterocycles. The van der Waals surface area contributed by atoms with E-state index in [4.69, 9.17) is 5.11 Å². The molecule has 0 saturated carbocycles. The standard InChI is InChI=1S/C19H14N2O5/c22-16-10-12-6-2-1-5-11(12)9-15(16)18(24)21-20-17(23)13-7-3-4-8-14(13)19(25)26/h1-10,22H,(H,20,23)(H,21,24)(H,25,26)/p-1. The number of benzene rings is 3. The van der Waals surface area contributed by atoms with Crippen LogP contribution in [0.15, 0.2) is 60.7 Å². The van der Waals surface area contributed by atoms with Crippen LogP contribution in [-0.4, -0.2) is 22.9 Å². The third-order valence-corrected chi connectivity index (χ3v) is 3.78. The molecular weight excluding hydrogens is 336 g/mol. The van der Waals surface area contributed by atoms with Gasteiger partial charge in [-0.3, -0.25) is 20.4 Å². The van der Waals surface area contributed by atoms with Gasteiger partial charge < -0.3 is 10.2 Å².